The maximum Gasteiger partial charge on any atom is 0.0628 e. The number of allylic oxidation sites excluding steroid dienone is 5. The molecule has 1 aliphatic heterocycles. The van der Waals surface area contributed by atoms with E-state index in [1.165, 1.54) is 161 Å². The lowest BCUT2D eigenvalue weighted by atomic mass is 9.78. The first-order valence-electron chi connectivity index (χ1n) is 27.2. The van der Waals surface area contributed by atoms with E-state index in [2.05, 4.69) is 280 Å². The van der Waals surface area contributed by atoms with E-state index in [-0.39, 0.29) is 0 Å². The minimum atomic E-state index is 0.949. The van der Waals surface area contributed by atoms with Gasteiger partial charge in [-0.1, -0.05) is 249 Å². The summed E-state index contributed by atoms with van der Waals surface area (Å²) in [5.41, 5.74) is 29.0. The van der Waals surface area contributed by atoms with Crippen molar-refractivity contribution in [3.8, 4) is 33.4 Å². The van der Waals surface area contributed by atoms with Crippen LogP contribution in [0.3, 0.4) is 0 Å². The SMILES string of the molecule is Cc1c2c(c(C)c(-c3ccccc3)c1-c1ccccc1)C(N1c3ccccc3CCc3ccccc31)=C1C(c3ccccc3)=C(c3ccccc3)C(c3c4ccccc4c(-c4cccc5ccccc45)c4ccccc34)=C12. The first-order valence-corrected chi connectivity index (χ1v) is 27.2. The number of para-hydroxylation sites is 2. The third-order valence-corrected chi connectivity index (χ3v) is 16.8. The Morgan fingerprint density at radius 1 is 0.260 bits per heavy atom. The van der Waals surface area contributed by atoms with Crippen molar-refractivity contribution in [1.82, 2.24) is 0 Å². The summed E-state index contributed by atoms with van der Waals surface area (Å²) in [6.07, 6.45) is 1.90. The van der Waals surface area contributed by atoms with Gasteiger partial charge in [-0.15, -0.1) is 0 Å². The molecule has 1 heteroatoms. The normalized spacial score (nSPS) is 13.8. The smallest absolute Gasteiger partial charge is 0.0628 e. The highest BCUT2D eigenvalue weighted by molar-refractivity contribution is 6.43. The number of rotatable bonds is 7. The fourth-order valence-electron chi connectivity index (χ4n) is 13.7. The van der Waals surface area contributed by atoms with E-state index in [0.717, 1.165) is 12.8 Å². The van der Waals surface area contributed by atoms with Gasteiger partial charge in [0.05, 0.1) is 5.70 Å². The third-order valence-electron chi connectivity index (χ3n) is 16.8. The molecular weight excluding hydrogens is 927 g/mol. The summed E-state index contributed by atoms with van der Waals surface area (Å²) >= 11 is 0. The van der Waals surface area contributed by atoms with Crippen LogP contribution in [-0.2, 0) is 12.8 Å². The average molecular weight is 980 g/mol. The summed E-state index contributed by atoms with van der Waals surface area (Å²) in [5.74, 6) is 0. The van der Waals surface area contributed by atoms with Crippen LogP contribution in [0.4, 0.5) is 11.4 Å². The Labute approximate surface area is 450 Å². The molecule has 77 heavy (non-hydrogen) atoms. The molecule has 0 spiro atoms. The molecule has 0 unspecified atom stereocenters. The van der Waals surface area contributed by atoms with Crippen LogP contribution in [0.5, 0.6) is 0 Å². The standard InChI is InChI=1S/C76H53N/c1-48-65(53-29-7-3-8-30-53)66(54-31-9-4-10-32-54)49(2)68-67(48)73-74(72-61-41-21-19-39-59(61)71(60-40-20-22-42-62(60)72)58-43-25-37-50-26-15-18-38-57(50)58)69(55-33-11-5-12-34-55)70(56-35-13-6-14-36-56)75(73)76(68)77-63-44-23-16-27-51(63)46-47-52-28-17-24-45-64(52)77/h3-45H,46-47H2,1-2H3. The molecule has 1 nitrogen and oxygen atoms in total. The predicted octanol–water partition coefficient (Wildman–Crippen LogP) is 20.0. The third kappa shape index (κ3) is 6.87. The molecule has 0 radical (unpaired) electrons. The van der Waals surface area contributed by atoms with E-state index in [1.807, 2.05) is 0 Å². The van der Waals surface area contributed by atoms with Crippen LogP contribution < -0.4 is 4.90 Å². The van der Waals surface area contributed by atoms with Gasteiger partial charge in [0.2, 0.25) is 0 Å². The van der Waals surface area contributed by atoms with Crippen molar-refractivity contribution in [2.24, 2.45) is 0 Å². The molecule has 1 heterocycles. The van der Waals surface area contributed by atoms with Gasteiger partial charge in [0.15, 0.2) is 0 Å². The quantitative estimate of drug-likeness (QED) is 0.144. The van der Waals surface area contributed by atoms with E-state index in [0.29, 0.717) is 0 Å². The van der Waals surface area contributed by atoms with Crippen molar-refractivity contribution >= 4 is 71.7 Å². The zero-order chi connectivity index (χ0) is 51.1. The minimum absolute atomic E-state index is 0.949. The lowest BCUT2D eigenvalue weighted by molar-refractivity contribution is 0.977. The highest BCUT2D eigenvalue weighted by atomic mass is 15.2. The molecule has 2 aliphatic carbocycles. The van der Waals surface area contributed by atoms with Crippen molar-refractivity contribution in [1.29, 1.82) is 0 Å². The first-order chi connectivity index (χ1) is 38.1. The Kier molecular flexibility index (Phi) is 10.5. The lowest BCUT2D eigenvalue weighted by Gasteiger charge is -2.32. The van der Waals surface area contributed by atoms with Crippen LogP contribution in [0.1, 0.15) is 50.1 Å². The van der Waals surface area contributed by atoms with Crippen LogP contribution in [0.15, 0.2) is 266 Å². The second-order valence-electron chi connectivity index (χ2n) is 20.9. The van der Waals surface area contributed by atoms with Crippen LogP contribution >= 0.6 is 0 Å². The van der Waals surface area contributed by atoms with E-state index in [9.17, 15) is 0 Å². The molecule has 15 rings (SSSR count). The summed E-state index contributed by atoms with van der Waals surface area (Å²) in [6, 6.07) is 97.5. The fraction of sp³-hybridized carbons (Fsp3) is 0.0526. The Morgan fingerprint density at radius 3 is 1.16 bits per heavy atom. The van der Waals surface area contributed by atoms with Gasteiger partial charge >= 0.3 is 0 Å². The molecule has 0 fully saturated rings. The zero-order valence-corrected chi connectivity index (χ0v) is 43.2. The number of fused-ring (bicyclic) bond motifs is 8. The molecule has 0 saturated carbocycles. The lowest BCUT2D eigenvalue weighted by Crippen LogP contribution is -2.19. The van der Waals surface area contributed by atoms with Crippen molar-refractivity contribution in [2.75, 3.05) is 4.90 Å². The van der Waals surface area contributed by atoms with Gasteiger partial charge in [-0.3, -0.25) is 0 Å². The number of benzene rings is 12. The maximum atomic E-state index is 2.69. The summed E-state index contributed by atoms with van der Waals surface area (Å²) in [5, 5.41) is 7.44. The van der Waals surface area contributed by atoms with Gasteiger partial charge in [-0.2, -0.15) is 0 Å². The van der Waals surface area contributed by atoms with Gasteiger partial charge in [0.1, 0.15) is 0 Å². The Morgan fingerprint density at radius 2 is 0.636 bits per heavy atom. The molecule has 0 aromatic heterocycles. The summed E-state index contributed by atoms with van der Waals surface area (Å²) < 4.78 is 0. The van der Waals surface area contributed by atoms with E-state index < -0.39 is 0 Å². The topological polar surface area (TPSA) is 3.24 Å². The summed E-state index contributed by atoms with van der Waals surface area (Å²) in [6.45, 7) is 4.84. The monoisotopic (exact) mass is 979 g/mol. The van der Waals surface area contributed by atoms with Crippen LogP contribution in [-0.4, -0.2) is 0 Å². The van der Waals surface area contributed by atoms with E-state index >= 15 is 0 Å². The largest absolute Gasteiger partial charge is 0.309 e. The molecule has 362 valence electrons. The zero-order valence-electron chi connectivity index (χ0n) is 43.2. The summed E-state index contributed by atoms with van der Waals surface area (Å²) in [4.78, 5) is 2.69. The summed E-state index contributed by atoms with van der Waals surface area (Å²) in [7, 11) is 0. The van der Waals surface area contributed by atoms with Crippen molar-refractivity contribution in [2.45, 2.75) is 26.7 Å². The highest BCUT2D eigenvalue weighted by Gasteiger charge is 2.46. The van der Waals surface area contributed by atoms with E-state index in [1.54, 1.807) is 0 Å². The van der Waals surface area contributed by atoms with Crippen molar-refractivity contribution < 1.29 is 0 Å². The highest BCUT2D eigenvalue weighted by Crippen LogP contribution is 2.66. The maximum absolute atomic E-state index is 2.69. The molecule has 0 bridgehead atoms. The number of anilines is 2. The van der Waals surface area contributed by atoms with Gasteiger partial charge in [-0.05, 0) is 160 Å². The molecule has 0 atom stereocenters. The molecule has 0 N–H and O–H groups in total. The number of aryl methyl sites for hydroxylation is 2. The molecular formula is C76H53N. The molecule has 12 aromatic rings. The predicted molar refractivity (Wildman–Crippen MR) is 327 cm³/mol. The molecule has 12 aromatic carbocycles. The van der Waals surface area contributed by atoms with Crippen molar-refractivity contribution in [3.05, 3.63) is 316 Å². The second-order valence-corrected chi connectivity index (χ2v) is 20.9. The number of hydrogen-bond donors (Lipinski definition) is 0. The second kappa shape index (κ2) is 18.1. The number of hydrogen-bond acceptors (Lipinski definition) is 1. The van der Waals surface area contributed by atoms with Gasteiger partial charge < -0.3 is 4.90 Å². The number of nitrogens with zero attached hydrogens (tertiary/aromatic N) is 1. The molecule has 0 amide bonds. The van der Waals surface area contributed by atoms with Gasteiger partial charge in [0.25, 0.3) is 0 Å². The molecule has 3 aliphatic rings. The van der Waals surface area contributed by atoms with Crippen LogP contribution in [0.2, 0.25) is 0 Å². The van der Waals surface area contributed by atoms with Crippen molar-refractivity contribution in [3.63, 3.8) is 0 Å². The van der Waals surface area contributed by atoms with E-state index in [4.69, 9.17) is 0 Å². The minimum Gasteiger partial charge on any atom is -0.309 e. The molecule has 0 saturated heterocycles. The Hall–Kier alpha value is -9.56. The van der Waals surface area contributed by atoms with Crippen LogP contribution in [0, 0.1) is 13.8 Å². The Balaban J connectivity index is 1.21. The Bertz CT molecular complexity index is 4370. The van der Waals surface area contributed by atoms with Gasteiger partial charge in [-0.25, -0.2) is 0 Å². The van der Waals surface area contributed by atoms with Crippen LogP contribution in [0.25, 0.3) is 93.7 Å². The van der Waals surface area contributed by atoms with Gasteiger partial charge in [0, 0.05) is 33.7 Å². The first kappa shape index (κ1) is 44.9. The average Bonchev–Trinajstić information content (AvgIpc) is 4.20. The fourth-order valence-corrected chi connectivity index (χ4v) is 13.7.